The van der Waals surface area contributed by atoms with E-state index in [4.69, 9.17) is 13.9 Å². The quantitative estimate of drug-likeness (QED) is 0.0411. The van der Waals surface area contributed by atoms with Crippen molar-refractivity contribution >= 4 is 42.4 Å². The van der Waals surface area contributed by atoms with Crippen LogP contribution in [0.5, 0.6) is 0 Å². The fourth-order valence-electron chi connectivity index (χ4n) is 13.0. The zero-order valence-electron chi connectivity index (χ0n) is 47.6. The standard InChI is InChI=1S/C65H109NO5SSi/c1-6-8-14-28-56(48-52-69-63(67)46-42-54-30-16-10-17-31-54)40-44-58(66-50-26-27-51-70-73(65(3,4)5,59-34-20-12-21-35-59)60-36-22-13-23-37-60)45-41-57(29-15-9-7-2)49-53-72-62-39-25-24-38-61(62)71-64(68)47-43-55-32-18-11-19-33-55/h12-13,20-23,34-37,54-58,61-62,66H,6-11,14-19,24-33,38-53H2,1-5H3/t56?,57?,58?,61-,62-/m1/s1. The molecule has 0 aliphatic heterocycles. The fourth-order valence-corrected chi connectivity index (χ4v) is 19.1. The lowest BCUT2D eigenvalue weighted by atomic mass is 9.86. The van der Waals surface area contributed by atoms with Crippen molar-refractivity contribution in [3.63, 3.8) is 0 Å². The second kappa shape index (κ2) is 36.1. The van der Waals surface area contributed by atoms with E-state index >= 15 is 0 Å². The molecule has 0 amide bonds. The summed E-state index contributed by atoms with van der Waals surface area (Å²) in [5.41, 5.74) is 0. The Kier molecular flexibility index (Phi) is 30.5. The molecule has 73 heavy (non-hydrogen) atoms. The highest BCUT2D eigenvalue weighted by Crippen LogP contribution is 2.38. The maximum atomic E-state index is 13.1. The molecule has 5 rings (SSSR count). The molecule has 6 nitrogen and oxygen atoms in total. The van der Waals surface area contributed by atoms with Gasteiger partial charge in [-0.2, -0.15) is 11.8 Å². The smallest absolute Gasteiger partial charge is 0.306 e. The summed E-state index contributed by atoms with van der Waals surface area (Å²) < 4.78 is 19.6. The third-order valence-electron chi connectivity index (χ3n) is 17.6. The minimum absolute atomic E-state index is 0.0218. The molecule has 3 saturated carbocycles. The first kappa shape index (κ1) is 61.7. The van der Waals surface area contributed by atoms with E-state index in [1.807, 2.05) is 0 Å². The molecule has 5 atom stereocenters. The molecule has 3 aliphatic rings. The number of benzene rings is 2. The summed E-state index contributed by atoms with van der Waals surface area (Å²) in [6.45, 7) is 14.1. The van der Waals surface area contributed by atoms with Gasteiger partial charge in [-0.05, 0) is 135 Å². The molecule has 3 aliphatic carbocycles. The number of unbranched alkanes of at least 4 members (excludes halogenated alkanes) is 5. The second-order valence-electron chi connectivity index (χ2n) is 24.4. The topological polar surface area (TPSA) is 73.9 Å². The van der Waals surface area contributed by atoms with Gasteiger partial charge in [0.25, 0.3) is 8.32 Å². The number of nitrogens with one attached hydrogen (secondary N) is 1. The molecule has 2 aromatic rings. The number of carbonyl (C=O) groups excluding carboxylic acids is 2. The van der Waals surface area contributed by atoms with Crippen LogP contribution in [0.3, 0.4) is 0 Å². The number of hydrogen-bond donors (Lipinski definition) is 1. The number of ether oxygens (including phenoxy) is 2. The fraction of sp³-hybridized carbons (Fsp3) is 0.785. The minimum atomic E-state index is -2.56. The predicted octanol–water partition coefficient (Wildman–Crippen LogP) is 16.9. The Balaban J connectivity index is 1.18. The van der Waals surface area contributed by atoms with E-state index in [9.17, 15) is 9.59 Å². The average Bonchev–Trinajstić information content (AvgIpc) is 3.41. The van der Waals surface area contributed by atoms with E-state index in [1.54, 1.807) is 0 Å². The van der Waals surface area contributed by atoms with Gasteiger partial charge in [-0.3, -0.25) is 9.59 Å². The van der Waals surface area contributed by atoms with Gasteiger partial charge in [0, 0.05) is 30.7 Å². The van der Waals surface area contributed by atoms with Crippen LogP contribution in [0.15, 0.2) is 60.7 Å². The van der Waals surface area contributed by atoms with Crippen LogP contribution in [-0.2, 0) is 23.5 Å². The van der Waals surface area contributed by atoms with E-state index in [2.05, 4.69) is 112 Å². The van der Waals surface area contributed by atoms with Gasteiger partial charge in [-0.25, -0.2) is 0 Å². The molecule has 2 aromatic carbocycles. The Morgan fingerprint density at radius 3 is 1.68 bits per heavy atom. The van der Waals surface area contributed by atoms with Crippen molar-refractivity contribution in [3.05, 3.63) is 60.7 Å². The molecule has 0 aromatic heterocycles. The summed E-state index contributed by atoms with van der Waals surface area (Å²) in [6, 6.07) is 22.6. The maximum absolute atomic E-state index is 13.1. The first-order valence-electron chi connectivity index (χ1n) is 31.1. The van der Waals surface area contributed by atoms with Crippen LogP contribution in [0.2, 0.25) is 5.04 Å². The van der Waals surface area contributed by atoms with Gasteiger partial charge < -0.3 is 19.2 Å². The first-order chi connectivity index (χ1) is 35.6. The molecule has 414 valence electrons. The summed E-state index contributed by atoms with van der Waals surface area (Å²) in [4.78, 5) is 26.1. The molecular weight excluding hydrogens is 935 g/mol. The maximum Gasteiger partial charge on any atom is 0.306 e. The third-order valence-corrected chi connectivity index (χ3v) is 24.0. The molecule has 8 heteroatoms. The first-order valence-corrected chi connectivity index (χ1v) is 34.0. The number of esters is 2. The van der Waals surface area contributed by atoms with Gasteiger partial charge in [0.2, 0.25) is 0 Å². The minimum Gasteiger partial charge on any atom is -0.466 e. The molecule has 3 unspecified atom stereocenters. The van der Waals surface area contributed by atoms with E-state index in [1.165, 1.54) is 183 Å². The summed E-state index contributed by atoms with van der Waals surface area (Å²) in [5.74, 6) is 3.99. The highest BCUT2D eigenvalue weighted by atomic mass is 32.2. The van der Waals surface area contributed by atoms with Crippen molar-refractivity contribution in [1.29, 1.82) is 0 Å². The Bertz CT molecular complexity index is 1670. The van der Waals surface area contributed by atoms with Gasteiger partial charge in [-0.1, -0.05) is 217 Å². The summed E-state index contributed by atoms with van der Waals surface area (Å²) >= 11 is 2.12. The van der Waals surface area contributed by atoms with Crippen LogP contribution in [0.1, 0.15) is 253 Å². The molecule has 0 heterocycles. The molecule has 3 fully saturated rings. The monoisotopic (exact) mass is 1040 g/mol. The van der Waals surface area contributed by atoms with Crippen LogP contribution in [0.25, 0.3) is 0 Å². The third kappa shape index (κ3) is 23.2. The average molecular weight is 1040 g/mol. The summed E-state index contributed by atoms with van der Waals surface area (Å²) in [5, 5.41) is 7.28. The van der Waals surface area contributed by atoms with Crippen LogP contribution in [-0.4, -0.2) is 63.2 Å². The number of hydrogen-bond acceptors (Lipinski definition) is 7. The molecule has 0 saturated heterocycles. The lowest BCUT2D eigenvalue weighted by Crippen LogP contribution is -2.66. The normalized spacial score (nSPS) is 19.6. The molecular formula is C65H109NO5SSi. The van der Waals surface area contributed by atoms with Crippen LogP contribution in [0.4, 0.5) is 0 Å². The van der Waals surface area contributed by atoms with Gasteiger partial charge in [0.1, 0.15) is 6.10 Å². The Labute approximate surface area is 454 Å². The number of thioether (sulfide) groups is 1. The molecule has 0 radical (unpaired) electrons. The van der Waals surface area contributed by atoms with Crippen molar-refractivity contribution in [2.75, 3.05) is 25.5 Å². The van der Waals surface area contributed by atoms with Crippen molar-refractivity contribution in [1.82, 2.24) is 5.32 Å². The number of rotatable bonds is 37. The van der Waals surface area contributed by atoms with Gasteiger partial charge in [-0.15, -0.1) is 0 Å². The van der Waals surface area contributed by atoms with E-state index in [0.717, 1.165) is 63.5 Å². The Morgan fingerprint density at radius 1 is 0.589 bits per heavy atom. The van der Waals surface area contributed by atoms with Gasteiger partial charge in [0.05, 0.1) is 6.61 Å². The molecule has 0 bridgehead atoms. The van der Waals surface area contributed by atoms with Gasteiger partial charge in [0.15, 0.2) is 0 Å². The number of carbonyl (C=O) groups is 2. The highest BCUT2D eigenvalue weighted by molar-refractivity contribution is 7.99. The molecule has 1 N–H and O–H groups in total. The summed E-state index contributed by atoms with van der Waals surface area (Å²) in [7, 11) is -2.56. The summed E-state index contributed by atoms with van der Waals surface area (Å²) in [6.07, 6.45) is 40.6. The SMILES string of the molecule is CCCCCC(CCOC(=O)CCC1CCCCC1)CCC(CCC(CCCCC)CCS[C@@H]1CCCC[C@H]1OC(=O)CCC1CCCCC1)NCCCCO[Si](c1ccccc1)(c1ccccc1)C(C)(C)C. The van der Waals surface area contributed by atoms with Crippen LogP contribution < -0.4 is 15.7 Å². The van der Waals surface area contributed by atoms with Gasteiger partial charge >= 0.3 is 11.9 Å². The van der Waals surface area contributed by atoms with Crippen LogP contribution in [0, 0.1) is 23.7 Å². The molecule has 0 spiro atoms. The van der Waals surface area contributed by atoms with E-state index < -0.39 is 8.32 Å². The van der Waals surface area contributed by atoms with Crippen molar-refractivity contribution in [2.24, 2.45) is 23.7 Å². The van der Waals surface area contributed by atoms with Crippen molar-refractivity contribution in [3.8, 4) is 0 Å². The lowest BCUT2D eigenvalue weighted by molar-refractivity contribution is -0.150. The second-order valence-corrected chi connectivity index (χ2v) is 30.0. The van der Waals surface area contributed by atoms with E-state index in [0.29, 0.717) is 42.6 Å². The van der Waals surface area contributed by atoms with E-state index in [-0.39, 0.29) is 23.1 Å². The Morgan fingerprint density at radius 2 is 1.12 bits per heavy atom. The zero-order chi connectivity index (χ0) is 51.8. The Hall–Kier alpha value is -2.13. The zero-order valence-corrected chi connectivity index (χ0v) is 49.5. The highest BCUT2D eigenvalue weighted by Gasteiger charge is 2.50. The lowest BCUT2D eigenvalue weighted by Gasteiger charge is -2.43. The predicted molar refractivity (Wildman–Crippen MR) is 315 cm³/mol. The largest absolute Gasteiger partial charge is 0.466 e. The van der Waals surface area contributed by atoms with Crippen molar-refractivity contribution in [2.45, 2.75) is 275 Å². The van der Waals surface area contributed by atoms with Crippen molar-refractivity contribution < 1.29 is 23.5 Å². The van der Waals surface area contributed by atoms with Crippen LogP contribution >= 0.6 is 11.8 Å².